The molecule has 0 radical (unpaired) electrons. The molecule has 23 heteroatoms. The molecule has 8 aliphatic rings. The van der Waals surface area contributed by atoms with E-state index in [4.69, 9.17) is 42.6 Å². The lowest BCUT2D eigenvalue weighted by atomic mass is 9.32. The predicted octanol–water partition coefficient (Wildman–Crippen LogP) is 2.30. The van der Waals surface area contributed by atoms with Crippen LogP contribution in [0.25, 0.3) is 0 Å². The smallest absolute Gasteiger partial charge is 0.338 e. The molecule has 0 amide bonds. The number of carbonyl (C=O) groups is 3. The number of carbonyl (C=O) groups excluding carboxylic acids is 3. The Labute approximate surface area is 504 Å². The number of hydrogen-bond donors (Lipinski definition) is 11. The van der Waals surface area contributed by atoms with Crippen LogP contribution in [-0.4, -0.2) is 217 Å². The highest BCUT2D eigenvalue weighted by Gasteiger charge is 2.76. The number of aliphatic hydroxyl groups is 11. The SMILES string of the molecule is CCCCOC(=O)[C@H]1O[C@@H](O[C@H]2CC[C@]3(C)[C@H]4CC=C5[C@@H]6CC(C)(C)[C@@H](OC(=O)/C=C(\C)CCC=C(C)C)[C@H](OC(C)=O)[C@]6(CO)[C@H](O)[C@H](O)[C@@]5(C)[C@]4(C)CC[C@H]3C2(C)C)[C@H](O[C@@H]2O[C@H](CO)[C@@H](O)[C@H](O)[C@H]2O)[C@@H](O)[C@@H]1O[C@@H]1OC[C@H](O)[C@H](O)[C@H]1O. The summed E-state index contributed by atoms with van der Waals surface area (Å²) in [4.78, 5) is 41.2. The van der Waals surface area contributed by atoms with Gasteiger partial charge in [-0.05, 0) is 113 Å². The van der Waals surface area contributed by atoms with E-state index in [1.54, 1.807) is 0 Å². The van der Waals surface area contributed by atoms with E-state index in [1.807, 2.05) is 48.5 Å². The summed E-state index contributed by atoms with van der Waals surface area (Å²) in [5.41, 5.74) is -2.82. The zero-order chi connectivity index (χ0) is 63.6. The number of ether oxygens (including phenoxy) is 9. The molecule has 11 N–H and O–H groups in total. The number of allylic oxidation sites excluding steroid dienone is 4. The Kier molecular flexibility index (Phi) is 21.0. The summed E-state index contributed by atoms with van der Waals surface area (Å²) in [6, 6.07) is 0. The van der Waals surface area contributed by atoms with Crippen molar-refractivity contribution in [3.8, 4) is 0 Å². The number of aliphatic hydroxyl groups excluding tert-OH is 11. The van der Waals surface area contributed by atoms with Gasteiger partial charge in [0, 0.05) is 23.8 Å². The highest BCUT2D eigenvalue weighted by Crippen LogP contribution is 2.76. The Bertz CT molecular complexity index is 2490. The average Bonchev–Trinajstić information content (AvgIpc) is 0.667. The first kappa shape index (κ1) is 68.9. The summed E-state index contributed by atoms with van der Waals surface area (Å²) < 4.78 is 55.2. The van der Waals surface area contributed by atoms with Crippen molar-refractivity contribution in [2.75, 3.05) is 26.4 Å². The van der Waals surface area contributed by atoms with Gasteiger partial charge >= 0.3 is 17.9 Å². The Morgan fingerprint density at radius 2 is 1.40 bits per heavy atom. The van der Waals surface area contributed by atoms with E-state index in [2.05, 4.69) is 39.8 Å². The molecular weight excluding hydrogens is 1120 g/mol. The molecule has 23 nitrogen and oxygen atoms in total. The molecule has 3 aliphatic heterocycles. The summed E-state index contributed by atoms with van der Waals surface area (Å²) in [6.07, 6.45) is -20.2. The van der Waals surface area contributed by atoms with Gasteiger partial charge in [-0.1, -0.05) is 90.7 Å². The van der Waals surface area contributed by atoms with Crippen molar-refractivity contribution in [1.82, 2.24) is 0 Å². The minimum atomic E-state index is -1.99. The Hall–Kier alpha value is -3.05. The van der Waals surface area contributed by atoms with E-state index in [9.17, 15) is 70.6 Å². The highest BCUT2D eigenvalue weighted by molar-refractivity contribution is 5.83. The molecule has 0 aromatic rings. The molecule has 26 atom stereocenters. The summed E-state index contributed by atoms with van der Waals surface area (Å²) in [7, 11) is 0. The van der Waals surface area contributed by atoms with Crippen molar-refractivity contribution >= 4 is 17.9 Å². The molecule has 4 saturated carbocycles. The summed E-state index contributed by atoms with van der Waals surface area (Å²) in [5, 5.41) is 125. The van der Waals surface area contributed by atoms with Crippen LogP contribution in [0.15, 0.2) is 34.9 Å². The van der Waals surface area contributed by atoms with E-state index in [0.717, 1.165) is 23.1 Å². The van der Waals surface area contributed by atoms with E-state index in [1.165, 1.54) is 13.0 Å². The molecule has 0 spiro atoms. The van der Waals surface area contributed by atoms with Crippen LogP contribution >= 0.6 is 0 Å². The number of unbranched alkanes of at least 4 members (excludes halogenated alkanes) is 1. The van der Waals surface area contributed by atoms with Gasteiger partial charge in [0.1, 0.15) is 67.1 Å². The molecule has 0 bridgehead atoms. The molecule has 0 aromatic carbocycles. The fourth-order valence-corrected chi connectivity index (χ4v) is 17.1. The van der Waals surface area contributed by atoms with Gasteiger partial charge in [0.2, 0.25) is 0 Å². The predicted molar refractivity (Wildman–Crippen MR) is 304 cm³/mol. The summed E-state index contributed by atoms with van der Waals surface area (Å²) in [5.74, 6) is -3.24. The Balaban J connectivity index is 1.11. The number of hydrogen-bond acceptors (Lipinski definition) is 23. The molecule has 0 unspecified atom stereocenters. The van der Waals surface area contributed by atoms with Crippen molar-refractivity contribution < 1.29 is 113 Å². The molecule has 490 valence electrons. The van der Waals surface area contributed by atoms with Gasteiger partial charge in [-0.2, -0.15) is 0 Å². The monoisotopic (exact) mass is 1220 g/mol. The van der Waals surface area contributed by atoms with E-state index < -0.39 is 193 Å². The summed E-state index contributed by atoms with van der Waals surface area (Å²) in [6.45, 7) is 21.3. The number of rotatable bonds is 18. The fourth-order valence-electron chi connectivity index (χ4n) is 17.1. The van der Waals surface area contributed by atoms with Crippen LogP contribution in [0, 0.1) is 50.2 Å². The first-order valence-electron chi connectivity index (χ1n) is 31.0. The van der Waals surface area contributed by atoms with Crippen LogP contribution in [0.4, 0.5) is 0 Å². The zero-order valence-electron chi connectivity index (χ0n) is 52.2. The van der Waals surface area contributed by atoms with Gasteiger partial charge in [-0.3, -0.25) is 4.79 Å². The van der Waals surface area contributed by atoms with E-state index in [-0.39, 0.29) is 18.4 Å². The molecule has 3 saturated heterocycles. The molecule has 5 aliphatic carbocycles. The number of esters is 3. The fraction of sp³-hybridized carbons (Fsp3) is 0.857. The van der Waals surface area contributed by atoms with Crippen molar-refractivity contribution in [2.45, 2.75) is 264 Å². The van der Waals surface area contributed by atoms with Crippen molar-refractivity contribution in [3.63, 3.8) is 0 Å². The van der Waals surface area contributed by atoms with Crippen LogP contribution in [0.2, 0.25) is 0 Å². The lowest BCUT2D eigenvalue weighted by Crippen LogP contribution is -2.76. The maximum Gasteiger partial charge on any atom is 0.338 e. The van der Waals surface area contributed by atoms with Gasteiger partial charge in [0.25, 0.3) is 0 Å². The van der Waals surface area contributed by atoms with Crippen LogP contribution in [0.5, 0.6) is 0 Å². The van der Waals surface area contributed by atoms with Gasteiger partial charge in [0.05, 0.1) is 50.2 Å². The van der Waals surface area contributed by atoms with Crippen LogP contribution in [0.3, 0.4) is 0 Å². The minimum Gasteiger partial charge on any atom is -0.464 e. The van der Waals surface area contributed by atoms with Crippen molar-refractivity contribution in [3.05, 3.63) is 34.9 Å². The largest absolute Gasteiger partial charge is 0.464 e. The van der Waals surface area contributed by atoms with Gasteiger partial charge < -0.3 is 98.8 Å². The third-order valence-corrected chi connectivity index (χ3v) is 22.1. The van der Waals surface area contributed by atoms with Crippen LogP contribution in [-0.2, 0) is 57.0 Å². The lowest BCUT2D eigenvalue weighted by Gasteiger charge is -2.73. The van der Waals surface area contributed by atoms with Gasteiger partial charge in [-0.25, -0.2) is 9.59 Å². The lowest BCUT2D eigenvalue weighted by molar-refractivity contribution is -0.388. The first-order chi connectivity index (χ1) is 40.2. The molecule has 3 heterocycles. The molecular formula is C63H100O23. The van der Waals surface area contributed by atoms with Crippen LogP contribution < -0.4 is 0 Å². The maximum absolute atomic E-state index is 14.2. The van der Waals surface area contributed by atoms with Gasteiger partial charge in [0.15, 0.2) is 31.1 Å². The Morgan fingerprint density at radius 1 is 0.721 bits per heavy atom. The average molecular weight is 1230 g/mol. The highest BCUT2D eigenvalue weighted by atomic mass is 16.8. The molecule has 7 fully saturated rings. The molecule has 86 heavy (non-hydrogen) atoms. The van der Waals surface area contributed by atoms with E-state index >= 15 is 0 Å². The van der Waals surface area contributed by atoms with Crippen LogP contribution in [0.1, 0.15) is 147 Å². The standard InChI is InChI=1S/C63H100O23/c1-13-14-24-78-54(77)49-47(84-55-44(72)41(69)35(67)28-79-55)46(74)48(85-56-45(73)43(71)42(70)36(27-64)81-56)57(86-49)82-39-21-22-60(10)37(59(39,8)9)20-23-61(11)38(60)19-18-33-34-26-58(6,7)52(83-40(68)25-31(4)17-15-16-30(2)3)53(80-32(5)66)63(34,29-65)51(76)50(75)62(33,61)12/h16,18,25,34-39,41-53,55-57,64-65,67,69-76H,13-15,17,19-24,26-29H2,1-12H3/b31-25+/t34-,35-,36+,37-,38+,39-,41-,42+,43-,44+,45+,46-,47-,48+,49-,50-,51+,52-,53-,55-,56-,57+,60-,61+,62-,63-/m0/s1. The summed E-state index contributed by atoms with van der Waals surface area (Å²) >= 11 is 0. The quantitative estimate of drug-likeness (QED) is 0.0234. The Morgan fingerprint density at radius 3 is 2.03 bits per heavy atom. The second-order valence-corrected chi connectivity index (χ2v) is 28.3. The van der Waals surface area contributed by atoms with E-state index in [0.29, 0.717) is 57.8 Å². The first-order valence-corrected chi connectivity index (χ1v) is 31.0. The molecule has 0 aromatic heterocycles. The normalized spacial score (nSPS) is 46.3. The number of fused-ring (bicyclic) bond motifs is 7. The maximum atomic E-state index is 14.2. The third-order valence-electron chi connectivity index (χ3n) is 22.1. The zero-order valence-corrected chi connectivity index (χ0v) is 52.2. The topological polar surface area (TPSA) is 357 Å². The van der Waals surface area contributed by atoms with Crippen molar-refractivity contribution in [2.24, 2.45) is 50.2 Å². The minimum absolute atomic E-state index is 0.0493. The second kappa shape index (κ2) is 26.3. The van der Waals surface area contributed by atoms with Gasteiger partial charge in [-0.15, -0.1) is 0 Å². The third kappa shape index (κ3) is 12.1. The molecule has 8 rings (SSSR count). The second-order valence-electron chi connectivity index (χ2n) is 28.3. The van der Waals surface area contributed by atoms with Crippen molar-refractivity contribution in [1.29, 1.82) is 0 Å².